The summed E-state index contributed by atoms with van der Waals surface area (Å²) >= 11 is 9.23. The monoisotopic (exact) mass is 305 g/mol. The fourth-order valence-corrected chi connectivity index (χ4v) is 2.68. The molecule has 1 saturated carbocycles. The second-order valence-corrected chi connectivity index (χ2v) is 5.69. The summed E-state index contributed by atoms with van der Waals surface area (Å²) < 4.78 is 14.5. The Morgan fingerprint density at radius 2 is 2.19 bits per heavy atom. The molecule has 0 bridgehead atoms. The Bertz CT molecular complexity index is 410. The first-order chi connectivity index (χ1) is 7.54. The normalized spacial score (nSPS) is 25.6. The summed E-state index contributed by atoms with van der Waals surface area (Å²) in [4.78, 5) is 0. The van der Waals surface area contributed by atoms with Gasteiger partial charge in [-0.3, -0.25) is 0 Å². The molecule has 2 rings (SSSR count). The molecule has 3 unspecified atom stereocenters. The number of hydrogen-bond donors (Lipinski definition) is 1. The van der Waals surface area contributed by atoms with Crippen LogP contribution in [0.5, 0.6) is 0 Å². The van der Waals surface area contributed by atoms with Gasteiger partial charge in [0.25, 0.3) is 0 Å². The van der Waals surface area contributed by atoms with Crippen molar-refractivity contribution in [2.45, 2.75) is 19.4 Å². The van der Waals surface area contributed by atoms with Crippen molar-refractivity contribution in [1.29, 1.82) is 0 Å². The summed E-state index contributed by atoms with van der Waals surface area (Å²) in [5, 5.41) is 3.74. The van der Waals surface area contributed by atoms with Crippen molar-refractivity contribution in [3.05, 3.63) is 33.0 Å². The molecule has 1 fully saturated rings. The van der Waals surface area contributed by atoms with Crippen LogP contribution in [-0.4, -0.2) is 7.05 Å². The highest BCUT2D eigenvalue weighted by molar-refractivity contribution is 9.10. The number of hydrogen-bond acceptors (Lipinski definition) is 1. The molecule has 16 heavy (non-hydrogen) atoms. The second-order valence-electron chi connectivity index (χ2n) is 4.43. The van der Waals surface area contributed by atoms with Crippen molar-refractivity contribution in [3.8, 4) is 0 Å². The van der Waals surface area contributed by atoms with E-state index in [0.717, 1.165) is 6.42 Å². The summed E-state index contributed by atoms with van der Waals surface area (Å²) in [7, 11) is 1.87. The summed E-state index contributed by atoms with van der Waals surface area (Å²) in [6, 6.07) is 3.22. The lowest BCUT2D eigenvalue weighted by atomic mass is 10.0. The van der Waals surface area contributed by atoms with Gasteiger partial charge >= 0.3 is 0 Å². The molecule has 4 heteroatoms. The van der Waals surface area contributed by atoms with Crippen LogP contribution in [0.25, 0.3) is 0 Å². The van der Waals surface area contributed by atoms with Gasteiger partial charge in [0, 0.05) is 16.1 Å². The number of halogens is 3. The molecule has 1 aromatic rings. The van der Waals surface area contributed by atoms with Gasteiger partial charge in [-0.05, 0) is 53.4 Å². The quantitative estimate of drug-likeness (QED) is 0.827. The molecule has 3 atom stereocenters. The molecule has 0 saturated heterocycles. The van der Waals surface area contributed by atoms with E-state index in [1.54, 1.807) is 6.07 Å². The van der Waals surface area contributed by atoms with E-state index in [2.05, 4.69) is 28.2 Å². The first kappa shape index (κ1) is 12.3. The van der Waals surface area contributed by atoms with Gasteiger partial charge in [-0.1, -0.05) is 18.5 Å². The van der Waals surface area contributed by atoms with Gasteiger partial charge in [0.2, 0.25) is 0 Å². The van der Waals surface area contributed by atoms with Crippen molar-refractivity contribution in [3.63, 3.8) is 0 Å². The summed E-state index contributed by atoms with van der Waals surface area (Å²) in [6.45, 7) is 2.19. The van der Waals surface area contributed by atoms with Crippen molar-refractivity contribution in [1.82, 2.24) is 5.32 Å². The molecule has 1 aliphatic carbocycles. The van der Waals surface area contributed by atoms with E-state index in [-0.39, 0.29) is 11.9 Å². The maximum atomic E-state index is 13.9. The fourth-order valence-electron chi connectivity index (χ4n) is 2.19. The molecule has 0 aromatic heterocycles. The minimum atomic E-state index is -0.199. The minimum absolute atomic E-state index is 0.0700. The third-order valence-electron chi connectivity index (χ3n) is 3.29. The molecule has 0 amide bonds. The average Bonchev–Trinajstić information content (AvgIpc) is 2.92. The lowest BCUT2D eigenvalue weighted by molar-refractivity contribution is 0.475. The van der Waals surface area contributed by atoms with Crippen LogP contribution in [0, 0.1) is 17.7 Å². The standard InChI is InChI=1S/C12H14BrClFN/c1-6-3-7(6)12(16-2)8-4-10(14)9(13)5-11(8)15/h4-7,12,16H,3H2,1-2H3. The van der Waals surface area contributed by atoms with E-state index in [1.807, 2.05) is 7.05 Å². The van der Waals surface area contributed by atoms with E-state index in [4.69, 9.17) is 11.6 Å². The zero-order valence-electron chi connectivity index (χ0n) is 9.23. The minimum Gasteiger partial charge on any atom is -0.313 e. The van der Waals surface area contributed by atoms with Crippen molar-refractivity contribution in [2.24, 2.45) is 11.8 Å². The van der Waals surface area contributed by atoms with Gasteiger partial charge in [0.05, 0.1) is 5.02 Å². The number of rotatable bonds is 3. The van der Waals surface area contributed by atoms with Gasteiger partial charge in [-0.2, -0.15) is 0 Å². The SMILES string of the molecule is CNC(c1cc(Cl)c(Br)cc1F)C1CC1C. The third kappa shape index (κ3) is 2.27. The molecule has 88 valence electrons. The highest BCUT2D eigenvalue weighted by Crippen LogP contribution is 2.47. The molecule has 1 aliphatic rings. The average molecular weight is 307 g/mol. The first-order valence-electron chi connectivity index (χ1n) is 5.36. The van der Waals surface area contributed by atoms with Gasteiger partial charge in [-0.25, -0.2) is 4.39 Å². The Kier molecular flexibility index (Phi) is 3.57. The highest BCUT2D eigenvalue weighted by atomic mass is 79.9. The Morgan fingerprint density at radius 1 is 1.56 bits per heavy atom. The molecule has 0 aliphatic heterocycles. The van der Waals surface area contributed by atoms with Gasteiger partial charge in [0.1, 0.15) is 5.82 Å². The zero-order chi connectivity index (χ0) is 11.9. The molecule has 0 spiro atoms. The maximum absolute atomic E-state index is 13.9. The van der Waals surface area contributed by atoms with Gasteiger partial charge < -0.3 is 5.32 Å². The molecule has 1 N–H and O–H groups in total. The molecule has 1 nitrogen and oxygen atoms in total. The highest BCUT2D eigenvalue weighted by Gasteiger charge is 2.40. The fraction of sp³-hybridized carbons (Fsp3) is 0.500. The Morgan fingerprint density at radius 3 is 2.69 bits per heavy atom. The van der Waals surface area contributed by atoms with E-state index < -0.39 is 0 Å². The summed E-state index contributed by atoms with van der Waals surface area (Å²) in [6.07, 6.45) is 1.15. The molecule has 0 heterocycles. The van der Waals surface area contributed by atoms with Gasteiger partial charge in [-0.15, -0.1) is 0 Å². The molecular weight excluding hydrogens is 292 g/mol. The van der Waals surface area contributed by atoms with Crippen molar-refractivity contribution >= 4 is 27.5 Å². The van der Waals surface area contributed by atoms with Crippen LogP contribution in [0.1, 0.15) is 24.9 Å². The van der Waals surface area contributed by atoms with Crippen LogP contribution in [0.3, 0.4) is 0 Å². The maximum Gasteiger partial charge on any atom is 0.129 e. The van der Waals surface area contributed by atoms with Crippen LogP contribution in [-0.2, 0) is 0 Å². The third-order valence-corrected chi connectivity index (χ3v) is 4.48. The van der Waals surface area contributed by atoms with E-state index in [1.165, 1.54) is 6.07 Å². The van der Waals surface area contributed by atoms with E-state index in [9.17, 15) is 4.39 Å². The zero-order valence-corrected chi connectivity index (χ0v) is 11.6. The second kappa shape index (κ2) is 4.63. The first-order valence-corrected chi connectivity index (χ1v) is 6.53. The Hall–Kier alpha value is -0.120. The predicted molar refractivity (Wildman–Crippen MR) is 68.2 cm³/mol. The smallest absolute Gasteiger partial charge is 0.129 e. The molecule has 0 radical (unpaired) electrons. The van der Waals surface area contributed by atoms with E-state index >= 15 is 0 Å². The summed E-state index contributed by atoms with van der Waals surface area (Å²) in [5.41, 5.74) is 0.671. The van der Waals surface area contributed by atoms with Crippen molar-refractivity contribution < 1.29 is 4.39 Å². The lowest BCUT2D eigenvalue weighted by Crippen LogP contribution is -2.20. The van der Waals surface area contributed by atoms with Crippen LogP contribution in [0.4, 0.5) is 4.39 Å². The molecular formula is C12H14BrClFN. The summed E-state index contributed by atoms with van der Waals surface area (Å²) in [5.74, 6) is 0.991. The van der Waals surface area contributed by atoms with Crippen LogP contribution < -0.4 is 5.32 Å². The topological polar surface area (TPSA) is 12.0 Å². The van der Waals surface area contributed by atoms with Crippen LogP contribution >= 0.6 is 27.5 Å². The van der Waals surface area contributed by atoms with Crippen LogP contribution in [0.15, 0.2) is 16.6 Å². The lowest BCUT2D eigenvalue weighted by Gasteiger charge is -2.18. The largest absolute Gasteiger partial charge is 0.313 e. The van der Waals surface area contributed by atoms with E-state index in [0.29, 0.717) is 26.9 Å². The van der Waals surface area contributed by atoms with Crippen LogP contribution in [0.2, 0.25) is 5.02 Å². The van der Waals surface area contributed by atoms with Crippen molar-refractivity contribution in [2.75, 3.05) is 7.05 Å². The van der Waals surface area contributed by atoms with Gasteiger partial charge in [0.15, 0.2) is 0 Å². The number of nitrogens with one attached hydrogen (secondary N) is 1. The Labute approximate surface area is 109 Å². The number of benzene rings is 1. The Balaban J connectivity index is 2.34. The predicted octanol–water partition coefficient (Wildman–Crippen LogP) is 4.16. The molecule has 1 aromatic carbocycles.